The van der Waals surface area contributed by atoms with Gasteiger partial charge in [-0.05, 0) is 37.3 Å². The number of amides is 3. The van der Waals surface area contributed by atoms with E-state index >= 15 is 0 Å². The molecule has 0 bridgehead atoms. The molecule has 1 aliphatic heterocycles. The lowest BCUT2D eigenvalue weighted by Gasteiger charge is -2.25. The second-order valence-electron chi connectivity index (χ2n) is 6.17. The molecule has 0 radical (unpaired) electrons. The number of hydrogen-bond acceptors (Lipinski definition) is 3. The Morgan fingerprint density at radius 1 is 1.25 bits per heavy atom. The summed E-state index contributed by atoms with van der Waals surface area (Å²) in [7, 11) is 0. The number of nitrogens with two attached hydrogens (primary N) is 2. The van der Waals surface area contributed by atoms with E-state index in [1.54, 1.807) is 25.1 Å². The number of urea groups is 1. The summed E-state index contributed by atoms with van der Waals surface area (Å²) in [6, 6.07) is 13.2. The first-order valence-electron chi connectivity index (χ1n) is 8.58. The summed E-state index contributed by atoms with van der Waals surface area (Å²) < 4.78 is 0. The van der Waals surface area contributed by atoms with Crippen LogP contribution in [0.15, 0.2) is 59.8 Å². The molecule has 2 aromatic carbocycles. The molecule has 28 heavy (non-hydrogen) atoms. The molecule has 0 fully saturated rings. The quantitative estimate of drug-likeness (QED) is 0.303. The Morgan fingerprint density at radius 2 is 2.00 bits per heavy atom. The maximum Gasteiger partial charge on any atom is 0.320 e. The third-order valence-electron chi connectivity index (χ3n) is 4.17. The van der Waals surface area contributed by atoms with Crippen LogP contribution in [0.1, 0.15) is 18.1 Å². The number of hydrogen-bond donors (Lipinski definition) is 5. The van der Waals surface area contributed by atoms with Gasteiger partial charge in [0.25, 0.3) is 5.91 Å². The highest BCUT2D eigenvalue weighted by atomic mass is 16.2. The van der Waals surface area contributed by atoms with Crippen LogP contribution >= 0.6 is 0 Å². The molecule has 7 heteroatoms. The van der Waals surface area contributed by atoms with Gasteiger partial charge in [-0.2, -0.15) is 0 Å². The number of nitrogens with one attached hydrogen (secondary N) is 3. The van der Waals surface area contributed by atoms with Crippen molar-refractivity contribution in [3.63, 3.8) is 0 Å². The SMILES string of the molecule is CC1=C(C(=O)Nc2ccc(N)c(C=[NH2+])c2)C(C#Cc2ccccc2)NC(=O)N1. The van der Waals surface area contributed by atoms with Gasteiger partial charge in [0, 0.05) is 22.6 Å². The summed E-state index contributed by atoms with van der Waals surface area (Å²) in [5.74, 6) is 5.56. The average Bonchev–Trinajstić information content (AvgIpc) is 2.68. The molecule has 1 unspecified atom stereocenters. The topological polar surface area (TPSA) is 122 Å². The molecular weight excluding hydrogens is 354 g/mol. The van der Waals surface area contributed by atoms with Crippen LogP contribution < -0.4 is 27.1 Å². The highest BCUT2D eigenvalue weighted by Crippen LogP contribution is 2.19. The summed E-state index contributed by atoms with van der Waals surface area (Å²) in [6.07, 6.45) is 1.37. The summed E-state index contributed by atoms with van der Waals surface area (Å²) in [4.78, 5) is 24.7. The minimum atomic E-state index is -0.747. The van der Waals surface area contributed by atoms with Crippen molar-refractivity contribution in [2.75, 3.05) is 11.1 Å². The van der Waals surface area contributed by atoms with Crippen LogP contribution in [-0.2, 0) is 4.79 Å². The summed E-state index contributed by atoms with van der Waals surface area (Å²) in [5, 5.41) is 13.6. The van der Waals surface area contributed by atoms with E-state index < -0.39 is 12.1 Å². The standard InChI is InChI=1S/C21H19N5O2/c1-13-19(20(27)25-16-8-9-17(23)15(11-16)12-22)18(26-21(28)24-13)10-7-14-5-3-2-4-6-14/h2-6,8-9,11-12,18,22H,23H2,1H3,(H,25,27)(H2,24,26,28)/p+1. The minimum Gasteiger partial charge on any atom is -0.398 e. The Morgan fingerprint density at radius 3 is 2.71 bits per heavy atom. The van der Waals surface area contributed by atoms with Gasteiger partial charge in [-0.25, -0.2) is 4.79 Å². The Labute approximate surface area is 162 Å². The van der Waals surface area contributed by atoms with Gasteiger partial charge in [0.1, 0.15) is 6.04 Å². The lowest BCUT2D eigenvalue weighted by atomic mass is 10.0. The van der Waals surface area contributed by atoms with E-state index in [2.05, 4.69) is 27.8 Å². The van der Waals surface area contributed by atoms with Gasteiger partial charge < -0.3 is 21.7 Å². The molecule has 0 saturated carbocycles. The van der Waals surface area contributed by atoms with E-state index in [0.717, 1.165) is 5.56 Å². The van der Waals surface area contributed by atoms with Crippen LogP contribution in [0, 0.1) is 11.8 Å². The molecule has 1 heterocycles. The molecule has 0 aromatic heterocycles. The zero-order valence-corrected chi connectivity index (χ0v) is 15.2. The van der Waals surface area contributed by atoms with Crippen molar-refractivity contribution in [2.45, 2.75) is 13.0 Å². The molecule has 7 nitrogen and oxygen atoms in total. The first-order valence-corrected chi connectivity index (χ1v) is 8.58. The molecule has 1 atom stereocenters. The van der Waals surface area contributed by atoms with Gasteiger partial charge in [-0.15, -0.1) is 0 Å². The molecule has 3 amide bonds. The van der Waals surface area contributed by atoms with Crippen molar-refractivity contribution in [3.8, 4) is 11.8 Å². The Bertz CT molecular complexity index is 1030. The Balaban J connectivity index is 1.89. The Hall–Kier alpha value is -4.05. The number of carbonyl (C=O) groups excluding carboxylic acids is 2. The maximum absolute atomic E-state index is 12.9. The highest BCUT2D eigenvalue weighted by molar-refractivity contribution is 6.07. The van der Waals surface area contributed by atoms with E-state index in [4.69, 9.17) is 11.1 Å². The molecule has 140 valence electrons. The van der Waals surface area contributed by atoms with Crippen molar-refractivity contribution >= 4 is 29.5 Å². The predicted octanol–water partition coefficient (Wildman–Crippen LogP) is 0.392. The van der Waals surface area contributed by atoms with Crippen LogP contribution in [0.2, 0.25) is 0 Å². The van der Waals surface area contributed by atoms with E-state index in [1.807, 2.05) is 30.3 Å². The lowest BCUT2D eigenvalue weighted by Crippen LogP contribution is -2.50. The van der Waals surface area contributed by atoms with Crippen LogP contribution in [0.5, 0.6) is 0 Å². The minimum absolute atomic E-state index is 0.332. The third-order valence-corrected chi connectivity index (χ3v) is 4.17. The fourth-order valence-electron chi connectivity index (χ4n) is 2.78. The number of allylic oxidation sites excluding steroid dienone is 1. The third kappa shape index (κ3) is 4.19. The average molecular weight is 374 g/mol. The monoisotopic (exact) mass is 374 g/mol. The molecule has 0 aliphatic carbocycles. The smallest absolute Gasteiger partial charge is 0.320 e. The second kappa shape index (κ2) is 8.10. The van der Waals surface area contributed by atoms with E-state index in [1.165, 1.54) is 6.21 Å². The van der Waals surface area contributed by atoms with Crippen molar-refractivity contribution < 1.29 is 15.0 Å². The van der Waals surface area contributed by atoms with Crippen molar-refractivity contribution in [2.24, 2.45) is 0 Å². The van der Waals surface area contributed by atoms with Crippen molar-refractivity contribution in [1.29, 1.82) is 0 Å². The van der Waals surface area contributed by atoms with Crippen LogP contribution in [0.3, 0.4) is 0 Å². The van der Waals surface area contributed by atoms with Gasteiger partial charge in [0.05, 0.1) is 11.1 Å². The second-order valence-corrected chi connectivity index (χ2v) is 6.17. The van der Waals surface area contributed by atoms with Gasteiger partial charge in [-0.1, -0.05) is 30.0 Å². The first-order chi connectivity index (χ1) is 13.5. The maximum atomic E-state index is 12.9. The molecule has 2 aromatic rings. The number of benzene rings is 2. The van der Waals surface area contributed by atoms with E-state index in [-0.39, 0.29) is 5.91 Å². The molecule has 7 N–H and O–H groups in total. The number of carbonyl (C=O) groups is 2. The van der Waals surface area contributed by atoms with E-state index in [0.29, 0.717) is 28.2 Å². The van der Waals surface area contributed by atoms with Gasteiger partial charge in [0.2, 0.25) is 0 Å². The van der Waals surface area contributed by atoms with E-state index in [9.17, 15) is 9.59 Å². The summed E-state index contributed by atoms with van der Waals surface area (Å²) in [6.45, 7) is 1.66. The summed E-state index contributed by atoms with van der Waals surface area (Å²) >= 11 is 0. The highest BCUT2D eigenvalue weighted by Gasteiger charge is 2.28. The van der Waals surface area contributed by atoms with Crippen molar-refractivity contribution in [1.82, 2.24) is 10.6 Å². The number of rotatable bonds is 3. The summed E-state index contributed by atoms with van der Waals surface area (Å²) in [5.41, 5.74) is 9.03. The number of nitrogen functional groups attached to an aromatic ring is 1. The van der Waals surface area contributed by atoms with Crippen LogP contribution in [-0.4, -0.2) is 24.2 Å². The fraction of sp³-hybridized carbons (Fsp3) is 0.0952. The molecular formula is C21H20N5O2+. The molecule has 1 aliphatic rings. The predicted molar refractivity (Wildman–Crippen MR) is 108 cm³/mol. The van der Waals surface area contributed by atoms with Gasteiger partial charge in [0.15, 0.2) is 6.21 Å². The largest absolute Gasteiger partial charge is 0.398 e. The van der Waals surface area contributed by atoms with Crippen LogP contribution in [0.25, 0.3) is 0 Å². The number of anilines is 2. The first kappa shape index (κ1) is 18.7. The molecule has 3 rings (SSSR count). The fourth-order valence-corrected chi connectivity index (χ4v) is 2.78. The Kier molecular flexibility index (Phi) is 5.42. The van der Waals surface area contributed by atoms with Gasteiger partial charge >= 0.3 is 6.03 Å². The zero-order valence-electron chi connectivity index (χ0n) is 15.2. The van der Waals surface area contributed by atoms with Crippen molar-refractivity contribution in [3.05, 3.63) is 70.9 Å². The molecule has 0 spiro atoms. The lowest BCUT2D eigenvalue weighted by molar-refractivity contribution is -0.113. The molecule has 0 saturated heterocycles. The van der Waals surface area contributed by atoms with Crippen LogP contribution in [0.4, 0.5) is 16.2 Å². The normalized spacial score (nSPS) is 15.6. The zero-order chi connectivity index (χ0) is 20.1. The van der Waals surface area contributed by atoms with Gasteiger partial charge in [-0.3, -0.25) is 10.2 Å².